The van der Waals surface area contributed by atoms with E-state index in [0.717, 1.165) is 35.1 Å². The van der Waals surface area contributed by atoms with E-state index < -0.39 is 5.91 Å². The molecule has 0 aliphatic heterocycles. The van der Waals surface area contributed by atoms with Gasteiger partial charge < -0.3 is 10.6 Å². The van der Waals surface area contributed by atoms with Crippen LogP contribution in [0.4, 0.5) is 0 Å². The Morgan fingerprint density at radius 3 is 2.00 bits per heavy atom. The topological polar surface area (TPSA) is 108 Å². The Kier molecular flexibility index (Phi) is 7.38. The fourth-order valence-electron chi connectivity index (χ4n) is 3.52. The molecule has 7 heteroatoms. The maximum atomic E-state index is 12.9. The Morgan fingerprint density at radius 1 is 0.829 bits per heavy atom. The molecular weight excluding hydrogens is 442 g/mol. The van der Waals surface area contributed by atoms with Gasteiger partial charge in [0.05, 0.1) is 0 Å². The van der Waals surface area contributed by atoms with Crippen LogP contribution in [0, 0.1) is 6.92 Å². The third-order valence-corrected chi connectivity index (χ3v) is 5.77. The van der Waals surface area contributed by atoms with Gasteiger partial charge in [0.1, 0.15) is 0 Å². The minimum absolute atomic E-state index is 0.0966. The second-order valence-corrected chi connectivity index (χ2v) is 8.61. The zero-order valence-electron chi connectivity index (χ0n) is 19.4. The normalized spacial score (nSPS) is 13.1. The fourth-order valence-corrected chi connectivity index (χ4v) is 3.52. The predicted octanol–water partition coefficient (Wildman–Crippen LogP) is 3.86. The molecule has 3 aromatic carbocycles. The molecule has 3 aromatic rings. The van der Waals surface area contributed by atoms with Gasteiger partial charge in [0.2, 0.25) is 0 Å². The van der Waals surface area contributed by atoms with Gasteiger partial charge in [-0.1, -0.05) is 54.1 Å². The first-order valence-corrected chi connectivity index (χ1v) is 11.4. The number of aryl methyl sites for hydroxylation is 1. The zero-order chi connectivity index (χ0) is 24.8. The molecule has 4 rings (SSSR count). The first-order valence-electron chi connectivity index (χ1n) is 11.4. The highest BCUT2D eigenvalue weighted by Crippen LogP contribution is 2.24. The van der Waals surface area contributed by atoms with Gasteiger partial charge in [-0.3, -0.25) is 19.6 Å². The fraction of sp³-hybridized carbons (Fsp3) is 0.179. The third-order valence-electron chi connectivity index (χ3n) is 5.77. The number of carbonyl (C=O) groups excluding carboxylic acids is 3. The second kappa shape index (κ2) is 10.8. The molecule has 0 bridgehead atoms. The van der Waals surface area contributed by atoms with Gasteiger partial charge in [-0.15, -0.1) is 0 Å². The van der Waals surface area contributed by atoms with Crippen molar-refractivity contribution in [3.8, 4) is 0 Å². The number of hydrogen-bond acceptors (Lipinski definition) is 4. The van der Waals surface area contributed by atoms with Crippen molar-refractivity contribution in [1.82, 2.24) is 16.1 Å². The lowest BCUT2D eigenvalue weighted by molar-refractivity contribution is -0.115. The molecule has 0 spiro atoms. The summed E-state index contributed by atoms with van der Waals surface area (Å²) in [7, 11) is 0. The summed E-state index contributed by atoms with van der Waals surface area (Å²) < 4.78 is 0. The highest BCUT2D eigenvalue weighted by atomic mass is 16.5. The average Bonchev–Trinajstić information content (AvgIpc) is 3.70. The SMILES string of the molecule is Cc1ccc(/C(=C\c2ccc(C(=O)NCc3ccc(C(=O)NO)cc3)cc2)C(=O)NC2CC2)cc1. The van der Waals surface area contributed by atoms with Crippen LogP contribution in [0.5, 0.6) is 0 Å². The van der Waals surface area contributed by atoms with Gasteiger partial charge in [-0.2, -0.15) is 0 Å². The maximum absolute atomic E-state index is 12.9. The summed E-state index contributed by atoms with van der Waals surface area (Å²) in [5.41, 5.74) is 6.60. The van der Waals surface area contributed by atoms with Crippen LogP contribution < -0.4 is 16.1 Å². The number of rotatable bonds is 8. The van der Waals surface area contributed by atoms with Crippen molar-refractivity contribution in [2.45, 2.75) is 32.4 Å². The van der Waals surface area contributed by atoms with E-state index in [-0.39, 0.29) is 17.9 Å². The van der Waals surface area contributed by atoms with Crippen molar-refractivity contribution in [1.29, 1.82) is 0 Å². The van der Waals surface area contributed by atoms with Crippen LogP contribution >= 0.6 is 0 Å². The quantitative estimate of drug-likeness (QED) is 0.174. The molecule has 178 valence electrons. The van der Waals surface area contributed by atoms with Crippen LogP contribution in [0.15, 0.2) is 72.8 Å². The summed E-state index contributed by atoms with van der Waals surface area (Å²) in [6.45, 7) is 2.30. The molecule has 0 saturated heterocycles. The molecule has 0 atom stereocenters. The number of nitrogens with one attached hydrogen (secondary N) is 3. The number of amides is 3. The van der Waals surface area contributed by atoms with Crippen LogP contribution in [0.1, 0.15) is 55.8 Å². The summed E-state index contributed by atoms with van der Waals surface area (Å²) in [4.78, 5) is 36.8. The Labute approximate surface area is 203 Å². The smallest absolute Gasteiger partial charge is 0.274 e. The van der Waals surface area contributed by atoms with Crippen LogP contribution in [-0.4, -0.2) is 29.0 Å². The van der Waals surface area contributed by atoms with E-state index >= 15 is 0 Å². The molecule has 35 heavy (non-hydrogen) atoms. The van der Waals surface area contributed by atoms with E-state index in [1.165, 1.54) is 0 Å². The molecule has 1 saturated carbocycles. The summed E-state index contributed by atoms with van der Waals surface area (Å²) in [5, 5.41) is 14.6. The van der Waals surface area contributed by atoms with Crippen molar-refractivity contribution in [2.75, 3.05) is 0 Å². The number of hydrogen-bond donors (Lipinski definition) is 4. The van der Waals surface area contributed by atoms with Crippen molar-refractivity contribution in [3.05, 3.63) is 106 Å². The van der Waals surface area contributed by atoms with Crippen LogP contribution in [0.2, 0.25) is 0 Å². The number of hydroxylamine groups is 1. The standard InChI is InChI=1S/C28H27N3O4/c1-18-2-8-21(9-3-18)25(28(34)30-24-14-15-24)16-19-4-10-22(11-5-19)26(32)29-17-20-6-12-23(13-7-20)27(33)31-35/h2-13,16,24,35H,14-15,17H2,1H3,(H,29,32)(H,30,34)(H,31,33)/b25-16+. The van der Waals surface area contributed by atoms with Crippen molar-refractivity contribution in [3.63, 3.8) is 0 Å². The zero-order valence-corrected chi connectivity index (χ0v) is 19.4. The lowest BCUT2D eigenvalue weighted by Gasteiger charge is -2.10. The average molecular weight is 470 g/mol. The highest BCUT2D eigenvalue weighted by Gasteiger charge is 2.25. The molecule has 7 nitrogen and oxygen atoms in total. The molecule has 1 aliphatic rings. The summed E-state index contributed by atoms with van der Waals surface area (Å²) in [6, 6.07) is 21.7. The van der Waals surface area contributed by atoms with Gasteiger partial charge in [-0.25, -0.2) is 5.48 Å². The van der Waals surface area contributed by atoms with Crippen molar-refractivity contribution < 1.29 is 19.6 Å². The second-order valence-electron chi connectivity index (χ2n) is 8.61. The molecule has 3 amide bonds. The minimum Gasteiger partial charge on any atom is -0.349 e. The molecule has 0 aromatic heterocycles. The van der Waals surface area contributed by atoms with Gasteiger partial charge in [-0.05, 0) is 66.8 Å². The minimum atomic E-state index is -0.592. The molecule has 4 N–H and O–H groups in total. The Morgan fingerprint density at radius 2 is 1.40 bits per heavy atom. The maximum Gasteiger partial charge on any atom is 0.274 e. The summed E-state index contributed by atoms with van der Waals surface area (Å²) in [6.07, 6.45) is 3.87. The van der Waals surface area contributed by atoms with Gasteiger partial charge in [0.15, 0.2) is 0 Å². The number of benzene rings is 3. The van der Waals surface area contributed by atoms with Crippen LogP contribution in [-0.2, 0) is 11.3 Å². The summed E-state index contributed by atoms with van der Waals surface area (Å²) >= 11 is 0. The molecular formula is C28H27N3O4. The Hall–Kier alpha value is -4.23. The lowest BCUT2D eigenvalue weighted by Crippen LogP contribution is -2.26. The monoisotopic (exact) mass is 469 g/mol. The van der Waals surface area contributed by atoms with E-state index in [2.05, 4.69) is 10.6 Å². The van der Waals surface area contributed by atoms with Crippen molar-refractivity contribution in [2.24, 2.45) is 0 Å². The van der Waals surface area contributed by atoms with E-state index in [9.17, 15) is 14.4 Å². The Bertz CT molecular complexity index is 1240. The van der Waals surface area contributed by atoms with Crippen LogP contribution in [0.3, 0.4) is 0 Å². The van der Waals surface area contributed by atoms with E-state index in [1.807, 2.05) is 49.4 Å². The third kappa shape index (κ3) is 6.43. The van der Waals surface area contributed by atoms with Crippen LogP contribution in [0.25, 0.3) is 11.6 Å². The largest absolute Gasteiger partial charge is 0.349 e. The number of carbonyl (C=O) groups is 3. The Balaban J connectivity index is 1.44. The molecule has 0 heterocycles. The molecule has 0 unspecified atom stereocenters. The first-order chi connectivity index (χ1) is 16.9. The van der Waals surface area contributed by atoms with Gasteiger partial charge in [0.25, 0.3) is 17.7 Å². The van der Waals surface area contributed by atoms with Crippen molar-refractivity contribution >= 4 is 29.4 Å². The van der Waals surface area contributed by atoms with Gasteiger partial charge in [0, 0.05) is 29.3 Å². The predicted molar refractivity (Wildman–Crippen MR) is 134 cm³/mol. The first kappa shape index (κ1) is 23.9. The lowest BCUT2D eigenvalue weighted by atomic mass is 10.00. The van der Waals surface area contributed by atoms with Gasteiger partial charge >= 0.3 is 0 Å². The molecule has 0 radical (unpaired) electrons. The van der Waals surface area contributed by atoms with E-state index in [1.54, 1.807) is 41.9 Å². The molecule has 1 fully saturated rings. The highest BCUT2D eigenvalue weighted by molar-refractivity contribution is 6.24. The van der Waals surface area contributed by atoms with E-state index in [0.29, 0.717) is 23.2 Å². The molecule has 1 aliphatic carbocycles. The van der Waals surface area contributed by atoms with E-state index in [4.69, 9.17) is 5.21 Å². The summed E-state index contributed by atoms with van der Waals surface area (Å²) in [5.74, 6) is -0.922.